The van der Waals surface area contributed by atoms with Crippen molar-refractivity contribution in [2.75, 3.05) is 11.1 Å². The van der Waals surface area contributed by atoms with Gasteiger partial charge < -0.3 is 15.8 Å². The predicted octanol–water partition coefficient (Wildman–Crippen LogP) is 5.26. The molecule has 0 spiro atoms. The van der Waals surface area contributed by atoms with E-state index in [0.29, 0.717) is 11.5 Å². The van der Waals surface area contributed by atoms with E-state index in [1.165, 1.54) is 6.33 Å². The summed E-state index contributed by atoms with van der Waals surface area (Å²) < 4.78 is 5.81. The van der Waals surface area contributed by atoms with E-state index in [2.05, 4.69) is 15.3 Å². The van der Waals surface area contributed by atoms with Crippen LogP contribution in [0.15, 0.2) is 91.3 Å². The number of rotatable bonds is 5. The lowest BCUT2D eigenvalue weighted by Crippen LogP contribution is -1.96. The zero-order chi connectivity index (χ0) is 18.5. The minimum atomic E-state index is 0.703. The van der Waals surface area contributed by atoms with Crippen LogP contribution in [0, 0.1) is 0 Å². The number of hydrogen-bond acceptors (Lipinski definition) is 5. The number of nitrogens with one attached hydrogen (secondary N) is 1. The number of benzene rings is 3. The molecule has 4 aromatic rings. The van der Waals surface area contributed by atoms with E-state index in [4.69, 9.17) is 10.5 Å². The molecule has 0 bridgehead atoms. The maximum absolute atomic E-state index is 5.86. The number of aromatic nitrogens is 2. The molecule has 0 unspecified atom stereocenters. The Morgan fingerprint density at radius 3 is 2.30 bits per heavy atom. The van der Waals surface area contributed by atoms with Gasteiger partial charge in [-0.05, 0) is 48.5 Å². The summed E-state index contributed by atoms with van der Waals surface area (Å²) in [6.07, 6.45) is 1.54. The van der Waals surface area contributed by atoms with Crippen LogP contribution in [0.1, 0.15) is 0 Å². The van der Waals surface area contributed by atoms with Crippen molar-refractivity contribution in [1.82, 2.24) is 9.97 Å². The van der Waals surface area contributed by atoms with Crippen LogP contribution in [0.25, 0.3) is 11.3 Å². The van der Waals surface area contributed by atoms with Crippen molar-refractivity contribution in [3.05, 3.63) is 91.3 Å². The first-order valence-corrected chi connectivity index (χ1v) is 8.54. The summed E-state index contributed by atoms with van der Waals surface area (Å²) in [7, 11) is 0. The van der Waals surface area contributed by atoms with Crippen molar-refractivity contribution >= 4 is 17.2 Å². The third-order valence-corrected chi connectivity index (χ3v) is 3.96. The minimum Gasteiger partial charge on any atom is -0.457 e. The highest BCUT2D eigenvalue weighted by Gasteiger charge is 2.04. The zero-order valence-electron chi connectivity index (χ0n) is 14.5. The van der Waals surface area contributed by atoms with Crippen molar-refractivity contribution in [2.45, 2.75) is 0 Å². The maximum atomic E-state index is 5.86. The van der Waals surface area contributed by atoms with E-state index >= 15 is 0 Å². The van der Waals surface area contributed by atoms with Gasteiger partial charge in [-0.1, -0.05) is 30.3 Å². The number of anilines is 3. The number of hydrogen-bond donors (Lipinski definition) is 2. The Morgan fingerprint density at radius 2 is 1.52 bits per heavy atom. The van der Waals surface area contributed by atoms with Crippen molar-refractivity contribution in [2.24, 2.45) is 0 Å². The second-order valence-electron chi connectivity index (χ2n) is 5.98. The molecule has 5 nitrogen and oxygen atoms in total. The van der Waals surface area contributed by atoms with Gasteiger partial charge in [0.25, 0.3) is 0 Å². The van der Waals surface area contributed by atoms with Crippen LogP contribution in [0.5, 0.6) is 11.5 Å². The Kier molecular flexibility index (Phi) is 4.66. The summed E-state index contributed by atoms with van der Waals surface area (Å²) in [6, 6.07) is 26.9. The summed E-state index contributed by atoms with van der Waals surface area (Å²) in [4.78, 5) is 8.61. The van der Waals surface area contributed by atoms with E-state index in [9.17, 15) is 0 Å². The molecule has 4 rings (SSSR count). The fraction of sp³-hybridized carbons (Fsp3) is 0. The molecule has 0 saturated heterocycles. The molecule has 0 saturated carbocycles. The highest BCUT2D eigenvalue weighted by Crippen LogP contribution is 2.25. The fourth-order valence-electron chi connectivity index (χ4n) is 2.66. The van der Waals surface area contributed by atoms with E-state index in [-0.39, 0.29) is 0 Å². The lowest BCUT2D eigenvalue weighted by Gasteiger charge is -2.09. The molecule has 1 aromatic heterocycles. The van der Waals surface area contributed by atoms with Gasteiger partial charge in [0.1, 0.15) is 23.6 Å². The van der Waals surface area contributed by atoms with Crippen LogP contribution in [0.2, 0.25) is 0 Å². The minimum absolute atomic E-state index is 0.703. The molecule has 27 heavy (non-hydrogen) atoms. The summed E-state index contributed by atoms with van der Waals surface area (Å²) >= 11 is 0. The van der Waals surface area contributed by atoms with Crippen LogP contribution in [-0.4, -0.2) is 9.97 Å². The Hall–Kier alpha value is -3.86. The topological polar surface area (TPSA) is 73.1 Å². The van der Waals surface area contributed by atoms with E-state index in [0.717, 1.165) is 28.4 Å². The molecule has 0 radical (unpaired) electrons. The average Bonchev–Trinajstić information content (AvgIpc) is 2.71. The number of ether oxygens (including phenoxy) is 1. The number of nitrogen functional groups attached to an aromatic ring is 1. The van der Waals surface area contributed by atoms with Crippen molar-refractivity contribution < 1.29 is 4.74 Å². The maximum Gasteiger partial charge on any atom is 0.134 e. The van der Waals surface area contributed by atoms with Crippen molar-refractivity contribution in [3.63, 3.8) is 0 Å². The van der Waals surface area contributed by atoms with Crippen LogP contribution < -0.4 is 15.8 Å². The SMILES string of the molecule is Nc1cccc(-c2cc(Nc3ccc(Oc4ccccc4)cc3)ncn2)c1. The molecular weight excluding hydrogens is 336 g/mol. The first-order chi connectivity index (χ1) is 13.3. The van der Waals surface area contributed by atoms with Gasteiger partial charge in [-0.15, -0.1) is 0 Å². The van der Waals surface area contributed by atoms with Gasteiger partial charge in [0.15, 0.2) is 0 Å². The molecule has 0 atom stereocenters. The predicted molar refractivity (Wildman–Crippen MR) is 108 cm³/mol. The Morgan fingerprint density at radius 1 is 0.741 bits per heavy atom. The van der Waals surface area contributed by atoms with E-state index in [1.807, 2.05) is 84.9 Å². The molecule has 0 aliphatic heterocycles. The van der Waals surface area contributed by atoms with E-state index in [1.54, 1.807) is 0 Å². The van der Waals surface area contributed by atoms with Gasteiger partial charge >= 0.3 is 0 Å². The smallest absolute Gasteiger partial charge is 0.134 e. The first-order valence-electron chi connectivity index (χ1n) is 8.54. The third kappa shape index (κ3) is 4.22. The van der Waals surface area contributed by atoms with Crippen LogP contribution in [0.4, 0.5) is 17.2 Å². The average molecular weight is 354 g/mol. The first kappa shape index (κ1) is 16.6. The fourth-order valence-corrected chi connectivity index (χ4v) is 2.66. The monoisotopic (exact) mass is 354 g/mol. The van der Waals surface area contributed by atoms with Gasteiger partial charge in [-0.3, -0.25) is 0 Å². The largest absolute Gasteiger partial charge is 0.457 e. The van der Waals surface area contributed by atoms with Crippen LogP contribution >= 0.6 is 0 Å². The van der Waals surface area contributed by atoms with Gasteiger partial charge in [-0.25, -0.2) is 9.97 Å². The Balaban J connectivity index is 1.48. The Labute approximate surface area is 157 Å². The highest BCUT2D eigenvalue weighted by molar-refractivity contribution is 5.68. The number of nitrogens with zero attached hydrogens (tertiary/aromatic N) is 2. The Bertz CT molecular complexity index is 1030. The van der Waals surface area contributed by atoms with Crippen LogP contribution in [-0.2, 0) is 0 Å². The quantitative estimate of drug-likeness (QED) is 0.478. The van der Waals surface area contributed by atoms with Crippen molar-refractivity contribution in [1.29, 1.82) is 0 Å². The molecule has 0 amide bonds. The molecule has 0 aliphatic carbocycles. The molecular formula is C22H18N4O. The zero-order valence-corrected chi connectivity index (χ0v) is 14.5. The molecule has 3 N–H and O–H groups in total. The summed E-state index contributed by atoms with van der Waals surface area (Å²) in [6.45, 7) is 0. The second-order valence-corrected chi connectivity index (χ2v) is 5.98. The lowest BCUT2D eigenvalue weighted by molar-refractivity contribution is 0.483. The standard InChI is InChI=1S/C22H18N4O/c23-17-6-4-5-16(13-17)21-14-22(25-15-24-21)26-18-9-11-20(12-10-18)27-19-7-2-1-3-8-19/h1-15H,23H2,(H,24,25,26). The van der Waals surface area contributed by atoms with Crippen molar-refractivity contribution in [3.8, 4) is 22.8 Å². The third-order valence-electron chi connectivity index (χ3n) is 3.96. The number of para-hydroxylation sites is 1. The normalized spacial score (nSPS) is 10.4. The van der Waals surface area contributed by atoms with Gasteiger partial charge in [0, 0.05) is 23.0 Å². The molecule has 5 heteroatoms. The van der Waals surface area contributed by atoms with Gasteiger partial charge in [0.05, 0.1) is 5.69 Å². The molecule has 132 valence electrons. The second kappa shape index (κ2) is 7.58. The van der Waals surface area contributed by atoms with Gasteiger partial charge in [-0.2, -0.15) is 0 Å². The summed E-state index contributed by atoms with van der Waals surface area (Å²) in [5.41, 5.74) is 9.23. The molecule has 0 fully saturated rings. The number of nitrogens with two attached hydrogens (primary N) is 1. The summed E-state index contributed by atoms with van der Waals surface area (Å²) in [5.74, 6) is 2.29. The molecule has 1 heterocycles. The molecule has 0 aliphatic rings. The van der Waals surface area contributed by atoms with Gasteiger partial charge in [0.2, 0.25) is 0 Å². The lowest BCUT2D eigenvalue weighted by atomic mass is 10.1. The highest BCUT2D eigenvalue weighted by atomic mass is 16.5. The summed E-state index contributed by atoms with van der Waals surface area (Å²) in [5, 5.41) is 3.28. The molecule has 3 aromatic carbocycles. The van der Waals surface area contributed by atoms with Crippen LogP contribution in [0.3, 0.4) is 0 Å². The van der Waals surface area contributed by atoms with E-state index < -0.39 is 0 Å².